The average molecular weight is 416 g/mol. The molecule has 0 saturated carbocycles. The number of hydrogen-bond acceptors (Lipinski definition) is 5. The van der Waals surface area contributed by atoms with E-state index in [2.05, 4.69) is 0 Å². The van der Waals surface area contributed by atoms with Crippen LogP contribution in [0.5, 0.6) is 0 Å². The summed E-state index contributed by atoms with van der Waals surface area (Å²) < 4.78 is 49.3. The van der Waals surface area contributed by atoms with Gasteiger partial charge >= 0.3 is 0 Å². The van der Waals surface area contributed by atoms with Crippen LogP contribution in [-0.2, 0) is 26.1 Å². The maximum Gasteiger partial charge on any atom is 0.206 e. The van der Waals surface area contributed by atoms with E-state index in [0.717, 1.165) is 36.6 Å². The minimum absolute atomic E-state index is 0. The van der Waals surface area contributed by atoms with Gasteiger partial charge in [-0.25, -0.2) is 16.8 Å². The van der Waals surface area contributed by atoms with Gasteiger partial charge in [0.15, 0.2) is 9.84 Å². The molecule has 3 rings (SSSR count). The second-order valence-corrected chi connectivity index (χ2v) is 10.4. The Bertz CT molecular complexity index is 1020. The summed E-state index contributed by atoms with van der Waals surface area (Å²) in [5.74, 6) is 0.272. The van der Waals surface area contributed by atoms with Gasteiger partial charge in [0.25, 0.3) is 0 Å². The molecule has 8 heteroatoms. The van der Waals surface area contributed by atoms with Gasteiger partial charge in [0.05, 0.1) is 14.7 Å². The van der Waals surface area contributed by atoms with Crippen molar-refractivity contribution in [2.75, 3.05) is 12.8 Å². The Morgan fingerprint density at radius 2 is 1.65 bits per heavy atom. The molecule has 2 aromatic carbocycles. The quantitative estimate of drug-likeness (QED) is 0.828. The fourth-order valence-electron chi connectivity index (χ4n) is 3.31. The Kier molecular flexibility index (Phi) is 6.17. The molecule has 5 nitrogen and oxygen atoms in total. The summed E-state index contributed by atoms with van der Waals surface area (Å²) in [4.78, 5) is 0.172. The zero-order valence-corrected chi connectivity index (χ0v) is 16.8. The average Bonchev–Trinajstić information content (AvgIpc) is 2.60. The third-order valence-electron chi connectivity index (χ3n) is 4.69. The standard InChI is InChI=1S/C18H21NO4S2.ClH/c1-24(20,21)15-6-3-7-16(11-15)25(22,23)17-8-9-18-13(10-17)4-2-5-14(18)12-19;/h3,6-11,14H,2,4-5,12,19H2,1H3;1H. The number of benzene rings is 2. The van der Waals surface area contributed by atoms with Crippen molar-refractivity contribution in [3.63, 3.8) is 0 Å². The summed E-state index contributed by atoms with van der Waals surface area (Å²) in [6.45, 7) is 0.551. The largest absolute Gasteiger partial charge is 0.330 e. The molecule has 0 amide bonds. The molecule has 142 valence electrons. The highest BCUT2D eigenvalue weighted by Gasteiger charge is 2.24. The van der Waals surface area contributed by atoms with E-state index in [-0.39, 0.29) is 33.0 Å². The lowest BCUT2D eigenvalue weighted by atomic mass is 9.83. The zero-order valence-electron chi connectivity index (χ0n) is 14.4. The van der Waals surface area contributed by atoms with Crippen molar-refractivity contribution in [2.24, 2.45) is 5.73 Å². The molecule has 0 saturated heterocycles. The Morgan fingerprint density at radius 1 is 1.00 bits per heavy atom. The Labute approximate surface area is 160 Å². The third kappa shape index (κ3) is 3.96. The van der Waals surface area contributed by atoms with Crippen LogP contribution in [0.2, 0.25) is 0 Å². The fourth-order valence-corrected chi connectivity index (χ4v) is 5.41. The molecule has 1 aliphatic rings. The summed E-state index contributed by atoms with van der Waals surface area (Å²) in [7, 11) is -7.25. The molecular formula is C18H22ClNO4S2. The molecule has 0 heterocycles. The van der Waals surface area contributed by atoms with Gasteiger partial charge in [-0.05, 0) is 73.2 Å². The molecule has 2 aromatic rings. The predicted octanol–water partition coefficient (Wildman–Crippen LogP) is 2.72. The SMILES string of the molecule is CS(=O)(=O)c1cccc(S(=O)(=O)c2ccc3c(c2)CCCC3CN)c1.Cl. The van der Waals surface area contributed by atoms with E-state index >= 15 is 0 Å². The van der Waals surface area contributed by atoms with Crippen LogP contribution in [0.25, 0.3) is 0 Å². The van der Waals surface area contributed by atoms with E-state index < -0.39 is 19.7 Å². The highest BCUT2D eigenvalue weighted by molar-refractivity contribution is 7.92. The summed E-state index contributed by atoms with van der Waals surface area (Å²) in [5.41, 5.74) is 7.95. The molecule has 26 heavy (non-hydrogen) atoms. The summed E-state index contributed by atoms with van der Waals surface area (Å²) in [5, 5.41) is 0. The molecule has 0 aromatic heterocycles. The molecule has 1 atom stereocenters. The Hall–Kier alpha value is -1.41. The minimum atomic E-state index is -3.78. The molecular weight excluding hydrogens is 394 g/mol. The van der Waals surface area contributed by atoms with Crippen LogP contribution in [0.3, 0.4) is 0 Å². The smallest absolute Gasteiger partial charge is 0.206 e. The molecule has 0 spiro atoms. The van der Waals surface area contributed by atoms with Crippen LogP contribution in [0, 0.1) is 0 Å². The van der Waals surface area contributed by atoms with Crippen LogP contribution in [0.15, 0.2) is 57.2 Å². The number of aryl methyl sites for hydroxylation is 1. The van der Waals surface area contributed by atoms with Gasteiger partial charge in [0.2, 0.25) is 9.84 Å². The number of halogens is 1. The number of hydrogen-bond donors (Lipinski definition) is 1. The van der Waals surface area contributed by atoms with Crippen molar-refractivity contribution in [2.45, 2.75) is 39.9 Å². The first-order valence-electron chi connectivity index (χ1n) is 8.11. The normalized spacial score (nSPS) is 17.2. The van der Waals surface area contributed by atoms with Crippen molar-refractivity contribution in [3.8, 4) is 0 Å². The fraction of sp³-hybridized carbons (Fsp3) is 0.333. The highest BCUT2D eigenvalue weighted by Crippen LogP contribution is 2.33. The molecule has 0 radical (unpaired) electrons. The summed E-state index contributed by atoms with van der Waals surface area (Å²) in [6.07, 6.45) is 3.90. The lowest BCUT2D eigenvalue weighted by Gasteiger charge is -2.24. The van der Waals surface area contributed by atoms with Gasteiger partial charge in [-0.15, -0.1) is 12.4 Å². The van der Waals surface area contributed by atoms with E-state index in [1.165, 1.54) is 24.3 Å². The van der Waals surface area contributed by atoms with Crippen molar-refractivity contribution in [3.05, 3.63) is 53.6 Å². The van der Waals surface area contributed by atoms with E-state index in [1.54, 1.807) is 12.1 Å². The van der Waals surface area contributed by atoms with Crippen LogP contribution < -0.4 is 5.73 Å². The number of rotatable bonds is 4. The molecule has 0 aliphatic heterocycles. The second-order valence-electron chi connectivity index (χ2n) is 6.44. The van der Waals surface area contributed by atoms with Crippen LogP contribution in [-0.4, -0.2) is 29.6 Å². The van der Waals surface area contributed by atoms with Gasteiger partial charge in [-0.2, -0.15) is 0 Å². The molecule has 2 N–H and O–H groups in total. The number of fused-ring (bicyclic) bond motifs is 1. The van der Waals surface area contributed by atoms with Crippen LogP contribution >= 0.6 is 12.4 Å². The highest BCUT2D eigenvalue weighted by atomic mass is 35.5. The van der Waals surface area contributed by atoms with Gasteiger partial charge < -0.3 is 5.73 Å². The first-order chi connectivity index (χ1) is 11.7. The predicted molar refractivity (Wildman–Crippen MR) is 103 cm³/mol. The lowest BCUT2D eigenvalue weighted by Crippen LogP contribution is -2.18. The molecule has 1 unspecified atom stereocenters. The van der Waals surface area contributed by atoms with Gasteiger partial charge in [0.1, 0.15) is 0 Å². The number of sulfone groups is 2. The van der Waals surface area contributed by atoms with Gasteiger partial charge in [-0.1, -0.05) is 12.1 Å². The third-order valence-corrected chi connectivity index (χ3v) is 7.55. The van der Waals surface area contributed by atoms with Gasteiger partial charge in [0, 0.05) is 6.26 Å². The van der Waals surface area contributed by atoms with E-state index in [1.807, 2.05) is 6.07 Å². The van der Waals surface area contributed by atoms with Gasteiger partial charge in [-0.3, -0.25) is 0 Å². The lowest BCUT2D eigenvalue weighted by molar-refractivity contribution is 0.558. The Balaban J connectivity index is 0.00000243. The summed E-state index contributed by atoms with van der Waals surface area (Å²) in [6, 6.07) is 10.6. The van der Waals surface area contributed by atoms with E-state index in [4.69, 9.17) is 5.73 Å². The first-order valence-corrected chi connectivity index (χ1v) is 11.5. The maximum absolute atomic E-state index is 12.9. The van der Waals surface area contributed by atoms with Crippen molar-refractivity contribution in [1.82, 2.24) is 0 Å². The molecule has 1 aliphatic carbocycles. The molecule has 0 bridgehead atoms. The van der Waals surface area contributed by atoms with Crippen molar-refractivity contribution >= 4 is 32.1 Å². The Morgan fingerprint density at radius 3 is 2.31 bits per heavy atom. The van der Waals surface area contributed by atoms with E-state index in [9.17, 15) is 16.8 Å². The van der Waals surface area contributed by atoms with Crippen molar-refractivity contribution in [1.29, 1.82) is 0 Å². The monoisotopic (exact) mass is 415 g/mol. The first kappa shape index (κ1) is 20.9. The number of nitrogens with two attached hydrogens (primary N) is 1. The van der Waals surface area contributed by atoms with Crippen LogP contribution in [0.1, 0.15) is 29.9 Å². The van der Waals surface area contributed by atoms with Crippen molar-refractivity contribution < 1.29 is 16.8 Å². The maximum atomic E-state index is 12.9. The van der Waals surface area contributed by atoms with E-state index in [0.29, 0.717) is 6.54 Å². The molecule has 0 fully saturated rings. The zero-order chi connectivity index (χ0) is 18.2. The second kappa shape index (κ2) is 7.68. The summed E-state index contributed by atoms with van der Waals surface area (Å²) >= 11 is 0. The van der Waals surface area contributed by atoms with Crippen LogP contribution in [0.4, 0.5) is 0 Å². The minimum Gasteiger partial charge on any atom is -0.330 e. The topological polar surface area (TPSA) is 94.3 Å².